The molecule has 0 spiro atoms. The molecule has 1 fully saturated rings. The lowest BCUT2D eigenvalue weighted by atomic mass is 9.88. The molecule has 26 heavy (non-hydrogen) atoms. The lowest BCUT2D eigenvalue weighted by Gasteiger charge is -2.36. The molecule has 2 aromatic rings. The van der Waals surface area contributed by atoms with Crippen LogP contribution in [0.5, 0.6) is 5.75 Å². The molecule has 136 valence electrons. The van der Waals surface area contributed by atoms with Gasteiger partial charge in [-0.05, 0) is 53.9 Å². The Morgan fingerprint density at radius 1 is 1.08 bits per heavy atom. The van der Waals surface area contributed by atoms with Gasteiger partial charge >= 0.3 is 6.18 Å². The number of rotatable bonds is 1. The Labute approximate surface area is 149 Å². The van der Waals surface area contributed by atoms with Crippen LogP contribution in [0.15, 0.2) is 36.4 Å². The van der Waals surface area contributed by atoms with Crippen LogP contribution in [0.1, 0.15) is 23.5 Å². The first-order valence-electron chi connectivity index (χ1n) is 8.98. The van der Waals surface area contributed by atoms with E-state index in [1.165, 1.54) is 11.3 Å². The molecule has 0 aromatic heterocycles. The van der Waals surface area contributed by atoms with Crippen molar-refractivity contribution in [2.24, 2.45) is 0 Å². The predicted octanol–water partition coefficient (Wildman–Crippen LogP) is 4.03. The van der Waals surface area contributed by atoms with E-state index in [0.717, 1.165) is 55.1 Å². The smallest absolute Gasteiger partial charge is 0.416 e. The van der Waals surface area contributed by atoms with E-state index in [-0.39, 0.29) is 0 Å². The SMILES string of the molecule is FC(F)(F)c1ccc(-c2cc3c4c(c2)[C@@H]2CNCC[C@@H]2N4CCO3)cc1. The maximum absolute atomic E-state index is 12.8. The summed E-state index contributed by atoms with van der Waals surface area (Å²) >= 11 is 0. The number of halogens is 3. The second-order valence-corrected chi connectivity index (χ2v) is 7.20. The summed E-state index contributed by atoms with van der Waals surface area (Å²) < 4.78 is 44.4. The Morgan fingerprint density at radius 3 is 2.65 bits per heavy atom. The zero-order valence-corrected chi connectivity index (χ0v) is 14.1. The number of nitrogens with one attached hydrogen (secondary N) is 1. The van der Waals surface area contributed by atoms with Crippen molar-refractivity contribution < 1.29 is 17.9 Å². The topological polar surface area (TPSA) is 24.5 Å². The number of fused-ring (bicyclic) bond motifs is 3. The zero-order chi connectivity index (χ0) is 17.9. The summed E-state index contributed by atoms with van der Waals surface area (Å²) in [6.45, 7) is 3.51. The third kappa shape index (κ3) is 2.39. The largest absolute Gasteiger partial charge is 0.490 e. The molecule has 5 rings (SSSR count). The van der Waals surface area contributed by atoms with Crippen molar-refractivity contribution in [3.63, 3.8) is 0 Å². The molecule has 0 unspecified atom stereocenters. The van der Waals surface area contributed by atoms with Crippen molar-refractivity contribution in [1.29, 1.82) is 0 Å². The second-order valence-electron chi connectivity index (χ2n) is 7.20. The molecule has 6 heteroatoms. The number of ether oxygens (including phenoxy) is 1. The van der Waals surface area contributed by atoms with E-state index in [2.05, 4.69) is 16.3 Å². The third-order valence-corrected chi connectivity index (χ3v) is 5.77. The summed E-state index contributed by atoms with van der Waals surface area (Å²) in [7, 11) is 0. The average molecular weight is 360 g/mol. The number of nitrogens with zero attached hydrogens (tertiary/aromatic N) is 1. The summed E-state index contributed by atoms with van der Waals surface area (Å²) in [4.78, 5) is 2.47. The highest BCUT2D eigenvalue weighted by molar-refractivity contribution is 5.79. The Balaban J connectivity index is 1.58. The second kappa shape index (κ2) is 5.64. The van der Waals surface area contributed by atoms with Gasteiger partial charge in [-0.15, -0.1) is 0 Å². The summed E-state index contributed by atoms with van der Waals surface area (Å²) in [5, 5.41) is 3.47. The van der Waals surface area contributed by atoms with Crippen LogP contribution in [0.3, 0.4) is 0 Å². The molecule has 3 heterocycles. The van der Waals surface area contributed by atoms with Crippen molar-refractivity contribution in [2.75, 3.05) is 31.1 Å². The van der Waals surface area contributed by atoms with Crippen LogP contribution < -0.4 is 15.0 Å². The Hall–Kier alpha value is -2.21. The highest BCUT2D eigenvalue weighted by atomic mass is 19.4. The highest BCUT2D eigenvalue weighted by Crippen LogP contribution is 2.51. The van der Waals surface area contributed by atoms with Gasteiger partial charge in [0.1, 0.15) is 12.4 Å². The van der Waals surface area contributed by atoms with Gasteiger partial charge in [-0.25, -0.2) is 0 Å². The highest BCUT2D eigenvalue weighted by Gasteiger charge is 2.43. The van der Waals surface area contributed by atoms with Crippen molar-refractivity contribution in [3.8, 4) is 16.9 Å². The van der Waals surface area contributed by atoms with Crippen LogP contribution in [0, 0.1) is 0 Å². The predicted molar refractivity (Wildman–Crippen MR) is 93.7 cm³/mol. The first-order chi connectivity index (χ1) is 12.5. The average Bonchev–Trinajstić information content (AvgIpc) is 2.97. The molecule has 3 nitrogen and oxygen atoms in total. The standard InChI is InChI=1S/C20H19F3N2O/c21-20(22,23)14-3-1-12(2-4-14)13-9-15-16-11-24-6-5-17(16)25-7-8-26-18(10-13)19(15)25/h1-4,9-10,16-17,24H,5-8,11H2/t16-,17-/m0/s1. The van der Waals surface area contributed by atoms with Gasteiger partial charge in [0.25, 0.3) is 0 Å². The zero-order valence-electron chi connectivity index (χ0n) is 14.1. The molecule has 1 N–H and O–H groups in total. The van der Waals surface area contributed by atoms with Gasteiger partial charge in [0.05, 0.1) is 17.8 Å². The number of alkyl halides is 3. The lowest BCUT2D eigenvalue weighted by molar-refractivity contribution is -0.137. The Bertz CT molecular complexity index is 847. The number of anilines is 1. The minimum Gasteiger partial charge on any atom is -0.490 e. The van der Waals surface area contributed by atoms with Gasteiger partial charge in [-0.1, -0.05) is 12.1 Å². The van der Waals surface area contributed by atoms with E-state index in [1.807, 2.05) is 6.07 Å². The van der Waals surface area contributed by atoms with Gasteiger partial charge in [0, 0.05) is 18.5 Å². The van der Waals surface area contributed by atoms with E-state index in [0.29, 0.717) is 18.6 Å². The van der Waals surface area contributed by atoms with Crippen LogP contribution in [-0.2, 0) is 6.18 Å². The summed E-state index contributed by atoms with van der Waals surface area (Å²) in [5.74, 6) is 1.27. The van der Waals surface area contributed by atoms with Gasteiger partial charge < -0.3 is 15.0 Å². The van der Waals surface area contributed by atoms with E-state index in [9.17, 15) is 13.2 Å². The molecule has 2 aromatic carbocycles. The van der Waals surface area contributed by atoms with Crippen LogP contribution >= 0.6 is 0 Å². The number of benzene rings is 2. The maximum atomic E-state index is 12.8. The monoisotopic (exact) mass is 360 g/mol. The van der Waals surface area contributed by atoms with Crippen LogP contribution in [0.2, 0.25) is 0 Å². The van der Waals surface area contributed by atoms with Crippen LogP contribution in [0.25, 0.3) is 11.1 Å². The van der Waals surface area contributed by atoms with Gasteiger partial charge in [-0.3, -0.25) is 0 Å². The summed E-state index contributed by atoms with van der Waals surface area (Å²) in [5.41, 5.74) is 3.52. The van der Waals surface area contributed by atoms with Gasteiger partial charge in [0.2, 0.25) is 0 Å². The van der Waals surface area contributed by atoms with Crippen LogP contribution in [-0.4, -0.2) is 32.3 Å². The summed E-state index contributed by atoms with van der Waals surface area (Å²) in [6, 6.07) is 9.99. The molecular weight excluding hydrogens is 341 g/mol. The van der Waals surface area contributed by atoms with Gasteiger partial charge in [-0.2, -0.15) is 13.2 Å². The fraction of sp³-hybridized carbons (Fsp3) is 0.400. The van der Waals surface area contributed by atoms with E-state index in [4.69, 9.17) is 4.74 Å². The van der Waals surface area contributed by atoms with Crippen molar-refractivity contribution in [1.82, 2.24) is 5.32 Å². The van der Waals surface area contributed by atoms with E-state index in [1.54, 1.807) is 12.1 Å². The number of hydrogen-bond donors (Lipinski definition) is 1. The van der Waals surface area contributed by atoms with Crippen molar-refractivity contribution in [3.05, 3.63) is 47.5 Å². The maximum Gasteiger partial charge on any atom is 0.416 e. The number of hydrogen-bond acceptors (Lipinski definition) is 3. The first-order valence-corrected chi connectivity index (χ1v) is 8.98. The molecule has 2 atom stereocenters. The molecule has 0 radical (unpaired) electrons. The number of piperidine rings is 1. The lowest BCUT2D eigenvalue weighted by Crippen LogP contribution is -2.46. The van der Waals surface area contributed by atoms with Gasteiger partial charge in [0.15, 0.2) is 0 Å². The molecule has 0 amide bonds. The van der Waals surface area contributed by atoms with E-state index < -0.39 is 11.7 Å². The molecule has 0 saturated carbocycles. The first kappa shape index (κ1) is 16.0. The van der Waals surface area contributed by atoms with Crippen LogP contribution in [0.4, 0.5) is 18.9 Å². The molecule has 0 aliphatic carbocycles. The van der Waals surface area contributed by atoms with E-state index >= 15 is 0 Å². The normalized spacial score (nSPS) is 24.0. The minimum atomic E-state index is -4.31. The molecular formula is C20H19F3N2O. The fourth-order valence-electron chi connectivity index (χ4n) is 4.58. The fourth-order valence-corrected chi connectivity index (χ4v) is 4.58. The Kier molecular flexibility index (Phi) is 3.47. The molecule has 1 saturated heterocycles. The van der Waals surface area contributed by atoms with Crippen molar-refractivity contribution in [2.45, 2.75) is 24.6 Å². The molecule has 0 bridgehead atoms. The minimum absolute atomic E-state index is 0.411. The Morgan fingerprint density at radius 2 is 1.88 bits per heavy atom. The molecule has 3 aliphatic heterocycles. The third-order valence-electron chi connectivity index (χ3n) is 5.77. The van der Waals surface area contributed by atoms with Crippen molar-refractivity contribution >= 4 is 5.69 Å². The quantitative estimate of drug-likeness (QED) is 0.831. The summed E-state index contributed by atoms with van der Waals surface area (Å²) in [6.07, 6.45) is -3.21. The molecule has 3 aliphatic rings.